The summed E-state index contributed by atoms with van der Waals surface area (Å²) in [6.45, 7) is 0. The molecule has 1 unspecified atom stereocenters. The third-order valence-corrected chi connectivity index (χ3v) is 6.49. The first-order valence-electron chi connectivity index (χ1n) is 10.9. The molecule has 0 bridgehead atoms. The van der Waals surface area contributed by atoms with Gasteiger partial charge in [-0.3, -0.25) is 9.59 Å². The standard InChI is InChI=1S/C28H21FN2O4S/c29-19-10-12-20(13-11-19)31-27(33)25(18-6-2-1-3-7-18)36-22-16-14-21(15-17-22)30-26(32)23-8-4-5-9-24(23)28(34)35/h1-17,25H,(H,30,32)(H,31,33)(H,34,35). The van der Waals surface area contributed by atoms with E-state index in [9.17, 15) is 23.9 Å². The highest BCUT2D eigenvalue weighted by atomic mass is 32.2. The second kappa shape index (κ2) is 11.3. The maximum atomic E-state index is 13.2. The SMILES string of the molecule is O=C(O)c1ccccc1C(=O)Nc1ccc(SC(C(=O)Nc2ccc(F)cc2)c2ccccc2)cc1. The monoisotopic (exact) mass is 500 g/mol. The molecule has 6 nitrogen and oxygen atoms in total. The first kappa shape index (κ1) is 24.7. The first-order chi connectivity index (χ1) is 17.4. The van der Waals surface area contributed by atoms with Gasteiger partial charge in [0.1, 0.15) is 11.1 Å². The molecule has 180 valence electrons. The van der Waals surface area contributed by atoms with Gasteiger partial charge in [0.25, 0.3) is 5.91 Å². The lowest BCUT2D eigenvalue weighted by molar-refractivity contribution is -0.115. The molecule has 2 amide bonds. The molecular weight excluding hydrogens is 479 g/mol. The summed E-state index contributed by atoms with van der Waals surface area (Å²) in [6.07, 6.45) is 0. The Bertz CT molecular complexity index is 1380. The van der Waals surface area contributed by atoms with Gasteiger partial charge in [0.15, 0.2) is 0 Å². The summed E-state index contributed by atoms with van der Waals surface area (Å²) in [5.41, 5.74) is 1.74. The topological polar surface area (TPSA) is 95.5 Å². The zero-order valence-electron chi connectivity index (χ0n) is 18.9. The van der Waals surface area contributed by atoms with Crippen LogP contribution in [0.1, 0.15) is 31.5 Å². The van der Waals surface area contributed by atoms with Crippen molar-refractivity contribution in [2.75, 3.05) is 10.6 Å². The number of thioether (sulfide) groups is 1. The van der Waals surface area contributed by atoms with Gasteiger partial charge in [0.05, 0.1) is 11.1 Å². The van der Waals surface area contributed by atoms with E-state index in [1.54, 1.807) is 36.4 Å². The van der Waals surface area contributed by atoms with Gasteiger partial charge in [-0.1, -0.05) is 42.5 Å². The van der Waals surface area contributed by atoms with E-state index in [4.69, 9.17) is 0 Å². The minimum atomic E-state index is -1.18. The summed E-state index contributed by atoms with van der Waals surface area (Å²) in [5, 5.41) is 14.3. The second-order valence-electron chi connectivity index (χ2n) is 7.73. The number of rotatable bonds is 8. The summed E-state index contributed by atoms with van der Waals surface area (Å²) in [6, 6.07) is 27.7. The fraction of sp³-hybridized carbons (Fsp3) is 0.0357. The lowest BCUT2D eigenvalue weighted by Crippen LogP contribution is -2.19. The normalized spacial score (nSPS) is 11.4. The minimum absolute atomic E-state index is 0.0602. The van der Waals surface area contributed by atoms with Crippen LogP contribution in [0.3, 0.4) is 0 Å². The highest BCUT2D eigenvalue weighted by Gasteiger charge is 2.22. The van der Waals surface area contributed by atoms with E-state index in [1.165, 1.54) is 48.2 Å². The van der Waals surface area contributed by atoms with Crippen molar-refractivity contribution in [2.24, 2.45) is 0 Å². The molecule has 0 heterocycles. The number of carboxylic acid groups (broad SMARTS) is 1. The fourth-order valence-electron chi connectivity index (χ4n) is 3.46. The van der Waals surface area contributed by atoms with Crippen LogP contribution in [0.4, 0.5) is 15.8 Å². The Hall–Kier alpha value is -4.43. The third-order valence-electron chi connectivity index (χ3n) is 5.22. The van der Waals surface area contributed by atoms with E-state index < -0.39 is 17.1 Å². The van der Waals surface area contributed by atoms with E-state index >= 15 is 0 Å². The van der Waals surface area contributed by atoms with E-state index in [-0.39, 0.29) is 22.9 Å². The first-order valence-corrected chi connectivity index (χ1v) is 11.8. The highest BCUT2D eigenvalue weighted by molar-refractivity contribution is 8.00. The molecule has 36 heavy (non-hydrogen) atoms. The molecule has 0 spiro atoms. The van der Waals surface area contributed by atoms with Crippen molar-refractivity contribution in [3.63, 3.8) is 0 Å². The van der Waals surface area contributed by atoms with E-state index in [2.05, 4.69) is 10.6 Å². The van der Waals surface area contributed by atoms with Gasteiger partial charge in [0, 0.05) is 16.3 Å². The van der Waals surface area contributed by atoms with Crippen LogP contribution in [-0.2, 0) is 4.79 Å². The Kier molecular flexibility index (Phi) is 7.77. The number of benzene rings is 4. The largest absolute Gasteiger partial charge is 0.478 e. The molecule has 4 aromatic carbocycles. The van der Waals surface area contributed by atoms with Crippen molar-refractivity contribution in [2.45, 2.75) is 10.1 Å². The molecule has 8 heteroatoms. The molecule has 0 saturated heterocycles. The van der Waals surface area contributed by atoms with Crippen molar-refractivity contribution < 1.29 is 23.9 Å². The van der Waals surface area contributed by atoms with E-state index in [0.717, 1.165) is 10.5 Å². The zero-order valence-corrected chi connectivity index (χ0v) is 19.7. The predicted molar refractivity (Wildman–Crippen MR) is 138 cm³/mol. The molecule has 0 aromatic heterocycles. The number of nitrogens with one attached hydrogen (secondary N) is 2. The lowest BCUT2D eigenvalue weighted by Gasteiger charge is -2.17. The van der Waals surface area contributed by atoms with Crippen LogP contribution in [-0.4, -0.2) is 22.9 Å². The smallest absolute Gasteiger partial charge is 0.336 e. The molecule has 4 aromatic rings. The molecule has 0 fully saturated rings. The van der Waals surface area contributed by atoms with Crippen molar-refractivity contribution in [1.82, 2.24) is 0 Å². The van der Waals surface area contributed by atoms with Crippen LogP contribution in [0.5, 0.6) is 0 Å². The van der Waals surface area contributed by atoms with E-state index in [1.807, 2.05) is 30.3 Å². The van der Waals surface area contributed by atoms with Gasteiger partial charge in [-0.15, -0.1) is 11.8 Å². The molecular formula is C28H21FN2O4S. The van der Waals surface area contributed by atoms with Crippen molar-refractivity contribution in [1.29, 1.82) is 0 Å². The van der Waals surface area contributed by atoms with Crippen molar-refractivity contribution >= 4 is 40.9 Å². The summed E-state index contributed by atoms with van der Waals surface area (Å²) in [4.78, 5) is 37.9. The number of carbonyl (C=O) groups excluding carboxylic acids is 2. The number of hydrogen-bond donors (Lipinski definition) is 3. The van der Waals surface area contributed by atoms with E-state index in [0.29, 0.717) is 11.4 Å². The minimum Gasteiger partial charge on any atom is -0.478 e. The average Bonchev–Trinajstić information content (AvgIpc) is 2.90. The average molecular weight is 501 g/mol. The zero-order chi connectivity index (χ0) is 25.5. The number of aromatic carboxylic acids is 1. The Balaban J connectivity index is 1.49. The summed E-state index contributed by atoms with van der Waals surface area (Å²) in [7, 11) is 0. The number of anilines is 2. The number of halogens is 1. The maximum absolute atomic E-state index is 13.2. The number of hydrogen-bond acceptors (Lipinski definition) is 4. The van der Waals surface area contributed by atoms with Gasteiger partial charge in [0.2, 0.25) is 5.91 Å². The second-order valence-corrected chi connectivity index (χ2v) is 8.91. The van der Waals surface area contributed by atoms with Crippen molar-refractivity contribution in [3.8, 4) is 0 Å². The van der Waals surface area contributed by atoms with Crippen LogP contribution in [0.25, 0.3) is 0 Å². The Morgan fingerprint density at radius 3 is 1.89 bits per heavy atom. The molecule has 0 radical (unpaired) electrons. The van der Waals surface area contributed by atoms with Crippen LogP contribution >= 0.6 is 11.8 Å². The van der Waals surface area contributed by atoms with Crippen LogP contribution < -0.4 is 10.6 Å². The van der Waals surface area contributed by atoms with Gasteiger partial charge in [-0.25, -0.2) is 9.18 Å². The molecule has 4 rings (SSSR count). The van der Waals surface area contributed by atoms with Gasteiger partial charge in [-0.2, -0.15) is 0 Å². The summed E-state index contributed by atoms with van der Waals surface area (Å²) >= 11 is 1.33. The number of carboxylic acids is 1. The Morgan fingerprint density at radius 2 is 1.25 bits per heavy atom. The van der Waals surface area contributed by atoms with Gasteiger partial charge in [-0.05, 0) is 66.2 Å². The molecule has 0 aliphatic carbocycles. The Labute approximate surface area is 211 Å². The molecule has 1 atom stereocenters. The fourth-order valence-corrected chi connectivity index (χ4v) is 4.49. The third kappa shape index (κ3) is 6.17. The van der Waals surface area contributed by atoms with Gasteiger partial charge < -0.3 is 15.7 Å². The maximum Gasteiger partial charge on any atom is 0.336 e. The molecule has 3 N–H and O–H groups in total. The summed E-state index contributed by atoms with van der Waals surface area (Å²) in [5.74, 6) is -2.37. The van der Waals surface area contributed by atoms with Crippen molar-refractivity contribution in [3.05, 3.63) is 126 Å². The number of amides is 2. The predicted octanol–water partition coefficient (Wildman–Crippen LogP) is 6.25. The molecule has 0 aliphatic rings. The van der Waals surface area contributed by atoms with Crippen LogP contribution in [0.15, 0.2) is 108 Å². The number of carbonyl (C=O) groups is 3. The van der Waals surface area contributed by atoms with Gasteiger partial charge >= 0.3 is 5.97 Å². The van der Waals surface area contributed by atoms with Crippen LogP contribution in [0.2, 0.25) is 0 Å². The lowest BCUT2D eigenvalue weighted by atomic mass is 10.1. The molecule has 0 aliphatic heterocycles. The Morgan fingerprint density at radius 1 is 0.694 bits per heavy atom. The quantitative estimate of drug-likeness (QED) is 0.249. The van der Waals surface area contributed by atoms with Crippen LogP contribution in [0, 0.1) is 5.82 Å². The summed E-state index contributed by atoms with van der Waals surface area (Å²) < 4.78 is 13.2. The molecule has 0 saturated carbocycles. The highest BCUT2D eigenvalue weighted by Crippen LogP contribution is 2.36.